The van der Waals surface area contributed by atoms with Gasteiger partial charge in [-0.2, -0.15) is 0 Å². The molecule has 1 aromatic carbocycles. The van der Waals surface area contributed by atoms with E-state index in [2.05, 4.69) is 29.0 Å². The highest BCUT2D eigenvalue weighted by Gasteiger charge is 2.18. The number of aromatic nitrogens is 1. The summed E-state index contributed by atoms with van der Waals surface area (Å²) in [5.41, 5.74) is 7.18. The van der Waals surface area contributed by atoms with Gasteiger partial charge in [0.05, 0.1) is 10.2 Å². The van der Waals surface area contributed by atoms with Crippen molar-refractivity contribution in [1.82, 2.24) is 15.2 Å². The SMILES string of the molecule is CC(C)C(CN(C)C)NC(=O)c1ccc2nc(N)sc2c1. The number of nitrogens with one attached hydrogen (secondary N) is 1. The van der Waals surface area contributed by atoms with Crippen molar-refractivity contribution in [2.75, 3.05) is 26.4 Å². The van der Waals surface area contributed by atoms with E-state index in [0.717, 1.165) is 16.8 Å². The second kappa shape index (κ2) is 6.41. The zero-order valence-electron chi connectivity index (χ0n) is 12.9. The second-order valence-corrected chi connectivity index (χ2v) is 6.88. The van der Waals surface area contributed by atoms with Gasteiger partial charge in [-0.1, -0.05) is 25.2 Å². The topological polar surface area (TPSA) is 71.2 Å². The Hall–Kier alpha value is -1.66. The van der Waals surface area contributed by atoms with E-state index in [1.165, 1.54) is 11.3 Å². The van der Waals surface area contributed by atoms with Crippen LogP contribution in [0.3, 0.4) is 0 Å². The number of amides is 1. The third-order valence-corrected chi connectivity index (χ3v) is 4.20. The van der Waals surface area contributed by atoms with Crippen LogP contribution < -0.4 is 11.1 Å². The summed E-state index contributed by atoms with van der Waals surface area (Å²) in [6, 6.07) is 5.61. The fourth-order valence-electron chi connectivity index (χ4n) is 2.15. The molecule has 6 heteroatoms. The molecule has 1 atom stereocenters. The van der Waals surface area contributed by atoms with E-state index in [-0.39, 0.29) is 11.9 Å². The predicted octanol–water partition coefficient (Wildman–Crippen LogP) is 2.19. The van der Waals surface area contributed by atoms with E-state index >= 15 is 0 Å². The number of nitrogens with zero attached hydrogens (tertiary/aromatic N) is 2. The van der Waals surface area contributed by atoms with Crippen molar-refractivity contribution >= 4 is 32.6 Å². The normalized spacial score (nSPS) is 13.0. The van der Waals surface area contributed by atoms with Crippen LogP contribution in [0.15, 0.2) is 18.2 Å². The maximum absolute atomic E-state index is 12.4. The van der Waals surface area contributed by atoms with Crippen LogP contribution in [0.5, 0.6) is 0 Å². The Morgan fingerprint density at radius 1 is 1.43 bits per heavy atom. The molecule has 0 saturated carbocycles. The quantitative estimate of drug-likeness (QED) is 0.888. The number of anilines is 1. The second-order valence-electron chi connectivity index (χ2n) is 5.82. The first-order chi connectivity index (χ1) is 9.86. The van der Waals surface area contributed by atoms with Gasteiger partial charge in [0.2, 0.25) is 0 Å². The van der Waals surface area contributed by atoms with Gasteiger partial charge >= 0.3 is 0 Å². The fourth-order valence-corrected chi connectivity index (χ4v) is 2.93. The molecule has 0 spiro atoms. The van der Waals surface area contributed by atoms with Gasteiger partial charge in [-0.25, -0.2) is 4.98 Å². The number of nitrogen functional groups attached to an aromatic ring is 1. The molecular weight excluding hydrogens is 284 g/mol. The molecule has 0 aliphatic rings. The van der Waals surface area contributed by atoms with Crippen LogP contribution in [0.25, 0.3) is 10.2 Å². The number of likely N-dealkylation sites (N-methyl/N-ethyl adjacent to an activating group) is 1. The van der Waals surface area contributed by atoms with Crippen molar-refractivity contribution in [3.63, 3.8) is 0 Å². The number of thiazole rings is 1. The largest absolute Gasteiger partial charge is 0.375 e. The molecule has 5 nitrogen and oxygen atoms in total. The van der Waals surface area contributed by atoms with E-state index in [0.29, 0.717) is 16.6 Å². The molecule has 0 saturated heterocycles. The molecule has 0 radical (unpaired) electrons. The molecule has 3 N–H and O–H groups in total. The third-order valence-electron chi connectivity index (χ3n) is 3.35. The van der Waals surface area contributed by atoms with Crippen LogP contribution in [0.1, 0.15) is 24.2 Å². The molecule has 0 aliphatic heterocycles. The highest BCUT2D eigenvalue weighted by Crippen LogP contribution is 2.24. The summed E-state index contributed by atoms with van der Waals surface area (Å²) >= 11 is 1.40. The Morgan fingerprint density at radius 2 is 2.14 bits per heavy atom. The van der Waals surface area contributed by atoms with Crippen molar-refractivity contribution in [2.24, 2.45) is 5.92 Å². The predicted molar refractivity (Wildman–Crippen MR) is 88.7 cm³/mol. The Bertz CT molecular complexity index is 636. The average molecular weight is 306 g/mol. The summed E-state index contributed by atoms with van der Waals surface area (Å²) in [6.07, 6.45) is 0. The van der Waals surface area contributed by atoms with E-state index in [1.807, 2.05) is 26.2 Å². The Labute approximate surface area is 129 Å². The van der Waals surface area contributed by atoms with Gasteiger partial charge in [0.15, 0.2) is 5.13 Å². The van der Waals surface area contributed by atoms with Gasteiger partial charge in [0.25, 0.3) is 5.91 Å². The lowest BCUT2D eigenvalue weighted by Crippen LogP contribution is -2.44. The van der Waals surface area contributed by atoms with E-state index in [9.17, 15) is 4.79 Å². The number of rotatable bonds is 5. The summed E-state index contributed by atoms with van der Waals surface area (Å²) in [4.78, 5) is 18.7. The molecule has 1 heterocycles. The van der Waals surface area contributed by atoms with Gasteiger partial charge < -0.3 is 16.0 Å². The van der Waals surface area contributed by atoms with Crippen LogP contribution >= 0.6 is 11.3 Å². The number of carbonyl (C=O) groups is 1. The van der Waals surface area contributed by atoms with Crippen molar-refractivity contribution in [3.8, 4) is 0 Å². The number of nitrogens with two attached hydrogens (primary N) is 1. The van der Waals surface area contributed by atoms with Crippen LogP contribution in [-0.4, -0.2) is 42.5 Å². The molecule has 1 aromatic heterocycles. The smallest absolute Gasteiger partial charge is 0.251 e. The number of carbonyl (C=O) groups excluding carboxylic acids is 1. The number of hydrogen-bond donors (Lipinski definition) is 2. The monoisotopic (exact) mass is 306 g/mol. The minimum Gasteiger partial charge on any atom is -0.375 e. The van der Waals surface area contributed by atoms with Gasteiger partial charge in [0, 0.05) is 18.2 Å². The molecule has 0 aliphatic carbocycles. The standard InChI is InChI=1S/C15H22N4OS/c1-9(2)12(8-19(3)4)17-14(20)10-5-6-11-13(7-10)21-15(16)18-11/h5-7,9,12H,8H2,1-4H3,(H2,16,18)(H,17,20). The van der Waals surface area contributed by atoms with Gasteiger partial charge in [-0.15, -0.1) is 0 Å². The maximum Gasteiger partial charge on any atom is 0.251 e. The minimum atomic E-state index is -0.0515. The van der Waals surface area contributed by atoms with Crippen molar-refractivity contribution in [3.05, 3.63) is 23.8 Å². The maximum atomic E-state index is 12.4. The lowest BCUT2D eigenvalue weighted by Gasteiger charge is -2.25. The zero-order chi connectivity index (χ0) is 15.6. The summed E-state index contributed by atoms with van der Waals surface area (Å²) in [5.74, 6) is 0.323. The number of fused-ring (bicyclic) bond motifs is 1. The number of hydrogen-bond acceptors (Lipinski definition) is 5. The van der Waals surface area contributed by atoms with Crippen molar-refractivity contribution in [1.29, 1.82) is 0 Å². The van der Waals surface area contributed by atoms with Crippen molar-refractivity contribution < 1.29 is 4.79 Å². The molecule has 2 aromatic rings. The first kappa shape index (κ1) is 15.7. The average Bonchev–Trinajstić information content (AvgIpc) is 2.76. The van der Waals surface area contributed by atoms with E-state index in [4.69, 9.17) is 5.73 Å². The third kappa shape index (κ3) is 3.92. The first-order valence-electron chi connectivity index (χ1n) is 6.98. The highest BCUT2D eigenvalue weighted by molar-refractivity contribution is 7.22. The molecule has 2 rings (SSSR count). The fraction of sp³-hybridized carbons (Fsp3) is 0.467. The Balaban J connectivity index is 2.16. The molecule has 0 fully saturated rings. The van der Waals surface area contributed by atoms with E-state index in [1.54, 1.807) is 6.07 Å². The summed E-state index contributed by atoms with van der Waals surface area (Å²) in [5, 5.41) is 3.63. The first-order valence-corrected chi connectivity index (χ1v) is 7.80. The van der Waals surface area contributed by atoms with Crippen LogP contribution in [0.4, 0.5) is 5.13 Å². The molecule has 114 valence electrons. The lowest BCUT2D eigenvalue weighted by molar-refractivity contribution is 0.0917. The zero-order valence-corrected chi connectivity index (χ0v) is 13.7. The summed E-state index contributed by atoms with van der Waals surface area (Å²) < 4.78 is 0.939. The summed E-state index contributed by atoms with van der Waals surface area (Å²) in [6.45, 7) is 5.04. The van der Waals surface area contributed by atoms with Gasteiger partial charge in [-0.3, -0.25) is 4.79 Å². The van der Waals surface area contributed by atoms with Crippen molar-refractivity contribution in [2.45, 2.75) is 19.9 Å². The Kier molecular flexibility index (Phi) is 4.80. The molecular formula is C15H22N4OS. The summed E-state index contributed by atoms with van der Waals surface area (Å²) in [7, 11) is 4.02. The van der Waals surface area contributed by atoms with Crippen LogP contribution in [0.2, 0.25) is 0 Å². The molecule has 1 unspecified atom stereocenters. The van der Waals surface area contributed by atoms with Gasteiger partial charge in [0.1, 0.15) is 0 Å². The van der Waals surface area contributed by atoms with Crippen LogP contribution in [0, 0.1) is 5.92 Å². The molecule has 0 bridgehead atoms. The number of benzene rings is 1. The minimum absolute atomic E-state index is 0.0515. The Morgan fingerprint density at radius 3 is 2.76 bits per heavy atom. The van der Waals surface area contributed by atoms with Gasteiger partial charge in [-0.05, 0) is 38.2 Å². The van der Waals surface area contributed by atoms with Crippen LogP contribution in [-0.2, 0) is 0 Å². The lowest BCUT2D eigenvalue weighted by atomic mass is 10.0. The van der Waals surface area contributed by atoms with E-state index < -0.39 is 0 Å². The molecule has 21 heavy (non-hydrogen) atoms. The highest BCUT2D eigenvalue weighted by atomic mass is 32.1. The molecule has 1 amide bonds.